The molecule has 34 heavy (non-hydrogen) atoms. The molecule has 0 amide bonds. The summed E-state index contributed by atoms with van der Waals surface area (Å²) in [6, 6.07) is 7.76. The second-order valence-corrected chi connectivity index (χ2v) is 10.9. The summed E-state index contributed by atoms with van der Waals surface area (Å²) in [4.78, 5) is 9.79. The molecule has 3 atom stereocenters. The number of nitrogens with one attached hydrogen (secondary N) is 2. The Kier molecular flexibility index (Phi) is 7.21. The quantitative estimate of drug-likeness (QED) is 0.301. The lowest BCUT2D eigenvalue weighted by Crippen LogP contribution is -2.29. The molecule has 0 radical (unpaired) electrons. The summed E-state index contributed by atoms with van der Waals surface area (Å²) in [5.74, 6) is 1.43. The van der Waals surface area contributed by atoms with Gasteiger partial charge in [0.2, 0.25) is 11.3 Å². The second-order valence-electron chi connectivity index (χ2n) is 8.40. The number of anilines is 1. The van der Waals surface area contributed by atoms with Crippen LogP contribution in [0.5, 0.6) is 5.75 Å². The van der Waals surface area contributed by atoms with E-state index >= 15 is 0 Å². The number of aromatic nitrogens is 2. The first kappa shape index (κ1) is 23.4. The van der Waals surface area contributed by atoms with E-state index < -0.39 is 11.3 Å². The lowest BCUT2D eigenvalue weighted by molar-refractivity contribution is 0.415. The van der Waals surface area contributed by atoms with Gasteiger partial charge < -0.3 is 10.1 Å². The molecule has 2 aliphatic carbocycles. The minimum atomic E-state index is -2.02. The van der Waals surface area contributed by atoms with Gasteiger partial charge in [-0.15, -0.1) is 22.7 Å². The average molecular weight is 515 g/mol. The molecular weight excluding hydrogens is 488 g/mol. The topological polar surface area (TPSA) is 96.4 Å². The number of benzene rings is 1. The highest BCUT2D eigenvalue weighted by molar-refractivity contribution is 7.77. The van der Waals surface area contributed by atoms with Crippen LogP contribution in [0.15, 0.2) is 58.8 Å². The Morgan fingerprint density at radius 2 is 2.15 bits per heavy atom. The van der Waals surface area contributed by atoms with Crippen LogP contribution in [0.4, 0.5) is 5.13 Å². The van der Waals surface area contributed by atoms with Crippen LogP contribution in [0.2, 0.25) is 0 Å². The normalized spacial score (nSPS) is 19.5. The molecule has 0 aliphatic heterocycles. The Labute approximate surface area is 209 Å². The zero-order valence-electron chi connectivity index (χ0n) is 18.6. The fourth-order valence-corrected chi connectivity index (χ4v) is 6.13. The van der Waals surface area contributed by atoms with Crippen LogP contribution >= 0.6 is 22.7 Å². The number of hydrogen-bond acceptors (Lipinski definition) is 7. The van der Waals surface area contributed by atoms with E-state index in [1.54, 1.807) is 29.8 Å². The van der Waals surface area contributed by atoms with Crippen LogP contribution in [0.25, 0.3) is 11.3 Å². The molecule has 5 rings (SSSR count). The zero-order chi connectivity index (χ0) is 23.5. The van der Waals surface area contributed by atoms with E-state index in [0.717, 1.165) is 34.3 Å². The fourth-order valence-electron chi connectivity index (χ4n) is 3.88. The molecule has 0 spiro atoms. The SMILES string of the molecule is COc1cccc(-c2csc(N[C@@H](CC3=CCC(NS(=O)O)C=C3)c3csc(C4CC4)n3)n2)c1. The molecule has 2 unspecified atom stereocenters. The van der Waals surface area contributed by atoms with E-state index in [9.17, 15) is 4.21 Å². The van der Waals surface area contributed by atoms with Gasteiger partial charge in [-0.25, -0.2) is 18.9 Å². The summed E-state index contributed by atoms with van der Waals surface area (Å²) >= 11 is 1.30. The Balaban J connectivity index is 1.34. The molecule has 0 bridgehead atoms. The first-order valence-electron chi connectivity index (χ1n) is 11.1. The lowest BCUT2D eigenvalue weighted by atomic mass is 9.97. The number of methoxy groups -OCH3 is 1. The van der Waals surface area contributed by atoms with E-state index in [1.165, 1.54) is 23.4 Å². The van der Waals surface area contributed by atoms with Crippen molar-refractivity contribution >= 4 is 39.1 Å². The highest BCUT2D eigenvalue weighted by Gasteiger charge is 2.28. The Hall–Kier alpha value is -2.37. The number of ether oxygens (including phenoxy) is 1. The molecule has 2 aromatic heterocycles. The average Bonchev–Trinajstić information content (AvgIpc) is 3.38. The third-order valence-electron chi connectivity index (χ3n) is 5.86. The van der Waals surface area contributed by atoms with Gasteiger partial charge in [-0.05, 0) is 43.4 Å². The van der Waals surface area contributed by atoms with Crippen LogP contribution in [-0.4, -0.2) is 31.9 Å². The largest absolute Gasteiger partial charge is 0.497 e. The molecule has 3 N–H and O–H groups in total. The van der Waals surface area contributed by atoms with E-state index in [-0.39, 0.29) is 12.1 Å². The Bertz CT molecular complexity index is 1230. The van der Waals surface area contributed by atoms with Crippen molar-refractivity contribution in [3.05, 3.63) is 69.5 Å². The van der Waals surface area contributed by atoms with Crippen molar-refractivity contribution in [1.82, 2.24) is 14.7 Å². The molecule has 3 aromatic rings. The lowest BCUT2D eigenvalue weighted by Gasteiger charge is -2.20. The van der Waals surface area contributed by atoms with Crippen LogP contribution < -0.4 is 14.8 Å². The maximum atomic E-state index is 11.0. The van der Waals surface area contributed by atoms with Gasteiger partial charge >= 0.3 is 0 Å². The third-order valence-corrected chi connectivity index (χ3v) is 8.16. The van der Waals surface area contributed by atoms with Crippen molar-refractivity contribution in [2.75, 3.05) is 12.4 Å². The minimum Gasteiger partial charge on any atom is -0.497 e. The maximum Gasteiger partial charge on any atom is 0.232 e. The standard InChI is InChI=1S/C24H26N4O3S3/c1-31-19-4-2-3-17(12-19)21-13-33-24(27-21)26-20(22-14-32-23(25-22)16-7-8-16)11-15-5-9-18(10-6-15)28-34(29)30/h2-6,9,12-14,16,18,20,28H,7-8,10-11H2,1H3,(H,26,27)(H,29,30)/t18?,20-/m0/s1. The van der Waals surface area contributed by atoms with Gasteiger partial charge in [-0.1, -0.05) is 30.4 Å². The molecule has 1 saturated carbocycles. The summed E-state index contributed by atoms with van der Waals surface area (Å²) in [6.07, 6.45) is 9.99. The number of rotatable bonds is 10. The molecule has 1 fully saturated rings. The van der Waals surface area contributed by atoms with Crippen molar-refractivity contribution in [3.63, 3.8) is 0 Å². The van der Waals surface area contributed by atoms with Gasteiger partial charge in [0.25, 0.3) is 0 Å². The van der Waals surface area contributed by atoms with Crippen molar-refractivity contribution in [2.24, 2.45) is 0 Å². The fraction of sp³-hybridized carbons (Fsp3) is 0.333. The molecule has 10 heteroatoms. The summed E-state index contributed by atoms with van der Waals surface area (Å²) in [5, 5.41) is 9.90. The smallest absolute Gasteiger partial charge is 0.232 e. The summed E-state index contributed by atoms with van der Waals surface area (Å²) in [5.41, 5.74) is 4.13. The first-order valence-corrected chi connectivity index (χ1v) is 14.0. The monoisotopic (exact) mass is 514 g/mol. The third kappa shape index (κ3) is 5.81. The highest BCUT2D eigenvalue weighted by atomic mass is 32.2. The van der Waals surface area contributed by atoms with Crippen molar-refractivity contribution < 1.29 is 13.5 Å². The Morgan fingerprint density at radius 3 is 2.88 bits per heavy atom. The first-order chi connectivity index (χ1) is 16.6. The molecule has 2 heterocycles. The maximum absolute atomic E-state index is 11.0. The number of thiazole rings is 2. The van der Waals surface area contributed by atoms with Gasteiger partial charge in [0.1, 0.15) is 5.75 Å². The molecule has 0 saturated heterocycles. The van der Waals surface area contributed by atoms with Gasteiger partial charge in [0.05, 0.1) is 29.5 Å². The van der Waals surface area contributed by atoms with E-state index in [2.05, 4.69) is 26.9 Å². The van der Waals surface area contributed by atoms with E-state index in [4.69, 9.17) is 19.3 Å². The predicted octanol–water partition coefficient (Wildman–Crippen LogP) is 5.68. The Morgan fingerprint density at radius 1 is 1.26 bits per heavy atom. The second kappa shape index (κ2) is 10.5. The number of hydrogen-bond donors (Lipinski definition) is 3. The van der Waals surface area contributed by atoms with Gasteiger partial charge in [0, 0.05) is 28.3 Å². The van der Waals surface area contributed by atoms with Crippen LogP contribution in [0, 0.1) is 0 Å². The van der Waals surface area contributed by atoms with Gasteiger partial charge in [-0.3, -0.25) is 4.55 Å². The molecule has 7 nitrogen and oxygen atoms in total. The zero-order valence-corrected chi connectivity index (χ0v) is 21.1. The van der Waals surface area contributed by atoms with Crippen molar-refractivity contribution in [3.8, 4) is 17.0 Å². The predicted molar refractivity (Wildman–Crippen MR) is 139 cm³/mol. The minimum absolute atomic E-state index is 0.0135. The van der Waals surface area contributed by atoms with Crippen LogP contribution in [0.3, 0.4) is 0 Å². The van der Waals surface area contributed by atoms with Crippen molar-refractivity contribution in [2.45, 2.75) is 43.7 Å². The number of allylic oxidation sites excluding steroid dienone is 1. The summed E-state index contributed by atoms with van der Waals surface area (Å²) in [6.45, 7) is 0. The molecule has 2 aliphatic rings. The van der Waals surface area contributed by atoms with Crippen LogP contribution in [0.1, 0.15) is 48.3 Å². The van der Waals surface area contributed by atoms with E-state index in [1.807, 2.05) is 36.4 Å². The number of nitrogens with zero attached hydrogens (tertiary/aromatic N) is 2. The van der Waals surface area contributed by atoms with Gasteiger partial charge in [0.15, 0.2) is 5.13 Å². The molecule has 178 valence electrons. The summed E-state index contributed by atoms with van der Waals surface area (Å²) < 4.78 is 28.1. The highest BCUT2D eigenvalue weighted by Crippen LogP contribution is 2.42. The molecule has 1 aromatic carbocycles. The van der Waals surface area contributed by atoms with Crippen LogP contribution in [-0.2, 0) is 11.3 Å². The summed E-state index contributed by atoms with van der Waals surface area (Å²) in [7, 11) is 1.66. The van der Waals surface area contributed by atoms with Crippen molar-refractivity contribution in [1.29, 1.82) is 0 Å². The molecular formula is C24H26N4O3S3. The van der Waals surface area contributed by atoms with E-state index in [0.29, 0.717) is 12.3 Å². The van der Waals surface area contributed by atoms with Gasteiger partial charge in [-0.2, -0.15) is 0 Å².